The van der Waals surface area contributed by atoms with Gasteiger partial charge in [0.2, 0.25) is 0 Å². The summed E-state index contributed by atoms with van der Waals surface area (Å²) in [6.07, 6.45) is 1.02. The second-order valence-corrected chi connectivity index (χ2v) is 5.29. The van der Waals surface area contributed by atoms with Crippen molar-refractivity contribution in [3.63, 3.8) is 0 Å². The molecule has 6 nitrogen and oxygen atoms in total. The number of rotatable bonds is 5. The van der Waals surface area contributed by atoms with E-state index in [1.807, 2.05) is 24.3 Å². The molecule has 0 bridgehead atoms. The van der Waals surface area contributed by atoms with Crippen molar-refractivity contribution in [2.75, 3.05) is 44.7 Å². The van der Waals surface area contributed by atoms with Gasteiger partial charge in [-0.3, -0.25) is 4.90 Å². The highest BCUT2D eigenvalue weighted by molar-refractivity contribution is 5.92. The molecule has 1 N–H and O–H groups in total. The van der Waals surface area contributed by atoms with E-state index in [1.54, 1.807) is 0 Å². The predicted octanol–water partition coefficient (Wildman–Crippen LogP) is 1.64. The Kier molecular flexibility index (Phi) is 4.78. The number of hydrogen-bond donors (Lipinski definition) is 1. The number of nitriles is 1. The van der Waals surface area contributed by atoms with Gasteiger partial charge in [0.1, 0.15) is 6.07 Å². The molecule has 1 saturated heterocycles. The second kappa shape index (κ2) is 7.16. The van der Waals surface area contributed by atoms with E-state index in [1.165, 1.54) is 0 Å². The van der Waals surface area contributed by atoms with Crippen LogP contribution in [-0.2, 0) is 4.74 Å². The van der Waals surface area contributed by atoms with Crippen LogP contribution in [0, 0.1) is 11.3 Å². The molecule has 6 heteroatoms. The smallest absolute Gasteiger partial charge is 0.186 e. The molecular weight excluding hydrogens is 278 g/mol. The summed E-state index contributed by atoms with van der Waals surface area (Å²) in [5, 5.41) is 21.6. The van der Waals surface area contributed by atoms with Crippen LogP contribution in [0.5, 0.6) is 0 Å². The van der Waals surface area contributed by atoms with Crippen LogP contribution >= 0.6 is 0 Å². The maximum atomic E-state index is 9.22. The molecular formula is C16H19N5O. The van der Waals surface area contributed by atoms with Crippen molar-refractivity contribution >= 4 is 16.6 Å². The minimum Gasteiger partial charge on any atom is -0.382 e. The average Bonchev–Trinajstić information content (AvgIpc) is 2.59. The first-order chi connectivity index (χ1) is 10.9. The number of fused-ring (bicyclic) bond motifs is 1. The molecule has 0 spiro atoms. The van der Waals surface area contributed by atoms with Crippen LogP contribution in [0.2, 0.25) is 0 Å². The minimum atomic E-state index is 0.352. The van der Waals surface area contributed by atoms with E-state index in [-0.39, 0.29) is 0 Å². The molecule has 2 heterocycles. The summed E-state index contributed by atoms with van der Waals surface area (Å²) in [4.78, 5) is 2.40. The normalized spacial score (nSPS) is 15.6. The van der Waals surface area contributed by atoms with Gasteiger partial charge in [0.05, 0.1) is 24.4 Å². The van der Waals surface area contributed by atoms with Crippen LogP contribution < -0.4 is 5.32 Å². The fourth-order valence-electron chi connectivity index (χ4n) is 2.65. The molecule has 22 heavy (non-hydrogen) atoms. The Morgan fingerprint density at radius 2 is 2.05 bits per heavy atom. The molecule has 0 unspecified atom stereocenters. The van der Waals surface area contributed by atoms with Crippen molar-refractivity contribution in [2.45, 2.75) is 6.42 Å². The van der Waals surface area contributed by atoms with Gasteiger partial charge in [-0.25, -0.2) is 0 Å². The number of morpholine rings is 1. The lowest BCUT2D eigenvalue weighted by atomic mass is 10.1. The van der Waals surface area contributed by atoms with Gasteiger partial charge < -0.3 is 10.1 Å². The Balaban J connectivity index is 1.64. The molecule has 0 aliphatic carbocycles. The lowest BCUT2D eigenvalue weighted by molar-refractivity contribution is 0.0378. The Morgan fingerprint density at radius 1 is 1.23 bits per heavy atom. The van der Waals surface area contributed by atoms with Crippen LogP contribution in [0.4, 0.5) is 5.69 Å². The minimum absolute atomic E-state index is 0.352. The van der Waals surface area contributed by atoms with E-state index >= 15 is 0 Å². The van der Waals surface area contributed by atoms with Crippen molar-refractivity contribution < 1.29 is 4.74 Å². The molecule has 2 aromatic rings. The summed E-state index contributed by atoms with van der Waals surface area (Å²) in [6.45, 7) is 5.50. The van der Waals surface area contributed by atoms with Gasteiger partial charge in [0.25, 0.3) is 0 Å². The molecule has 1 aliphatic rings. The standard InChI is InChI=1S/C16H19N5O/c17-12-15-16(13-4-1-2-5-14(13)19-20-15)18-6-3-7-21-8-10-22-11-9-21/h1-2,4-5H,3,6-11H2,(H,18,19). The Hall–Kier alpha value is -2.23. The molecule has 1 aromatic carbocycles. The SMILES string of the molecule is N#Cc1nnc2ccccc2c1NCCCN1CCOCC1. The van der Waals surface area contributed by atoms with Crippen LogP contribution in [-0.4, -0.2) is 54.5 Å². The van der Waals surface area contributed by atoms with Crippen molar-refractivity contribution in [1.82, 2.24) is 15.1 Å². The highest BCUT2D eigenvalue weighted by Crippen LogP contribution is 2.23. The maximum Gasteiger partial charge on any atom is 0.186 e. The highest BCUT2D eigenvalue weighted by Gasteiger charge is 2.11. The number of ether oxygens (including phenoxy) is 1. The third-order valence-corrected chi connectivity index (χ3v) is 3.83. The third kappa shape index (κ3) is 3.32. The van der Waals surface area contributed by atoms with Gasteiger partial charge in [-0.2, -0.15) is 5.26 Å². The molecule has 1 aliphatic heterocycles. The van der Waals surface area contributed by atoms with E-state index in [0.717, 1.165) is 62.4 Å². The van der Waals surface area contributed by atoms with Gasteiger partial charge in [-0.05, 0) is 19.0 Å². The topological polar surface area (TPSA) is 74.1 Å². The number of benzene rings is 1. The molecule has 3 rings (SSSR count). The summed E-state index contributed by atoms with van der Waals surface area (Å²) < 4.78 is 5.35. The van der Waals surface area contributed by atoms with Gasteiger partial charge >= 0.3 is 0 Å². The second-order valence-electron chi connectivity index (χ2n) is 5.29. The summed E-state index contributed by atoms with van der Waals surface area (Å²) in [5.41, 5.74) is 1.94. The van der Waals surface area contributed by atoms with E-state index in [9.17, 15) is 5.26 Å². The summed E-state index contributed by atoms with van der Waals surface area (Å²) in [7, 11) is 0. The van der Waals surface area contributed by atoms with Gasteiger partial charge in [-0.15, -0.1) is 10.2 Å². The molecule has 0 radical (unpaired) electrons. The summed E-state index contributed by atoms with van der Waals surface area (Å²) in [6, 6.07) is 9.86. The maximum absolute atomic E-state index is 9.22. The van der Waals surface area contributed by atoms with Crippen molar-refractivity contribution in [2.24, 2.45) is 0 Å². The lowest BCUT2D eigenvalue weighted by Crippen LogP contribution is -2.37. The number of aromatic nitrogens is 2. The van der Waals surface area contributed by atoms with E-state index in [4.69, 9.17) is 4.74 Å². The molecule has 0 atom stereocenters. The van der Waals surface area contributed by atoms with Gasteiger partial charge in [-0.1, -0.05) is 18.2 Å². The van der Waals surface area contributed by atoms with Crippen molar-refractivity contribution in [3.05, 3.63) is 30.0 Å². The molecule has 0 saturated carbocycles. The van der Waals surface area contributed by atoms with E-state index in [0.29, 0.717) is 5.69 Å². The van der Waals surface area contributed by atoms with Crippen LogP contribution in [0.1, 0.15) is 12.1 Å². The Labute approximate surface area is 129 Å². The van der Waals surface area contributed by atoms with Crippen LogP contribution in [0.15, 0.2) is 24.3 Å². The number of hydrogen-bond acceptors (Lipinski definition) is 6. The highest BCUT2D eigenvalue weighted by atomic mass is 16.5. The van der Waals surface area contributed by atoms with Crippen LogP contribution in [0.3, 0.4) is 0 Å². The molecule has 1 fully saturated rings. The van der Waals surface area contributed by atoms with E-state index in [2.05, 4.69) is 26.5 Å². The Bertz CT molecular complexity index is 676. The largest absolute Gasteiger partial charge is 0.382 e. The summed E-state index contributed by atoms with van der Waals surface area (Å²) in [5.74, 6) is 0. The molecule has 1 aromatic heterocycles. The molecule has 114 valence electrons. The fourth-order valence-corrected chi connectivity index (χ4v) is 2.65. The van der Waals surface area contributed by atoms with E-state index < -0.39 is 0 Å². The quantitative estimate of drug-likeness (QED) is 0.846. The predicted molar refractivity (Wildman–Crippen MR) is 84.6 cm³/mol. The third-order valence-electron chi connectivity index (χ3n) is 3.83. The monoisotopic (exact) mass is 297 g/mol. The first-order valence-electron chi connectivity index (χ1n) is 7.58. The van der Waals surface area contributed by atoms with Gasteiger partial charge in [0, 0.05) is 25.0 Å². The zero-order chi connectivity index (χ0) is 15.2. The number of nitrogens with one attached hydrogen (secondary N) is 1. The first kappa shape index (κ1) is 14.7. The Morgan fingerprint density at radius 3 is 2.86 bits per heavy atom. The van der Waals surface area contributed by atoms with Gasteiger partial charge in [0.15, 0.2) is 5.69 Å². The van der Waals surface area contributed by atoms with Crippen molar-refractivity contribution in [3.8, 4) is 6.07 Å². The lowest BCUT2D eigenvalue weighted by Gasteiger charge is -2.26. The zero-order valence-corrected chi connectivity index (χ0v) is 12.5. The average molecular weight is 297 g/mol. The van der Waals surface area contributed by atoms with Crippen LogP contribution in [0.25, 0.3) is 10.9 Å². The fraction of sp³-hybridized carbons (Fsp3) is 0.438. The van der Waals surface area contributed by atoms with Crippen molar-refractivity contribution in [1.29, 1.82) is 5.26 Å². The zero-order valence-electron chi connectivity index (χ0n) is 12.5. The first-order valence-corrected chi connectivity index (χ1v) is 7.58. The molecule has 0 amide bonds. The summed E-state index contributed by atoms with van der Waals surface area (Å²) >= 11 is 0. The number of anilines is 1. The number of nitrogens with zero attached hydrogens (tertiary/aromatic N) is 4.